The van der Waals surface area contributed by atoms with Gasteiger partial charge in [-0.05, 0) is 25.8 Å². The molecule has 1 aromatic carbocycles. The van der Waals surface area contributed by atoms with E-state index in [4.69, 9.17) is 4.74 Å². The monoisotopic (exact) mass is 220 g/mol. The van der Waals surface area contributed by atoms with E-state index in [9.17, 15) is 4.79 Å². The summed E-state index contributed by atoms with van der Waals surface area (Å²) in [5.74, 6) is -0.102. The second kappa shape index (κ2) is 6.31. The fourth-order valence-corrected chi connectivity index (χ4v) is 1.48. The molecule has 0 radical (unpaired) electrons. The molecule has 1 atom stereocenters. The molecule has 0 saturated heterocycles. The first-order valence-corrected chi connectivity index (χ1v) is 5.89. The van der Waals surface area contributed by atoms with Crippen molar-refractivity contribution in [3.63, 3.8) is 0 Å². The van der Waals surface area contributed by atoms with Crippen molar-refractivity contribution in [1.29, 1.82) is 0 Å². The van der Waals surface area contributed by atoms with Crippen molar-refractivity contribution in [1.82, 2.24) is 0 Å². The minimum atomic E-state index is -0.148. The second-order valence-corrected chi connectivity index (χ2v) is 4.15. The van der Waals surface area contributed by atoms with Gasteiger partial charge in [-0.15, -0.1) is 0 Å². The molecule has 0 aromatic heterocycles. The van der Waals surface area contributed by atoms with E-state index >= 15 is 0 Å². The fraction of sp³-hybridized carbons (Fsp3) is 0.500. The third-order valence-corrected chi connectivity index (χ3v) is 2.59. The van der Waals surface area contributed by atoms with Gasteiger partial charge in [0.1, 0.15) is 6.10 Å². The fourth-order valence-electron chi connectivity index (χ4n) is 1.48. The first-order valence-electron chi connectivity index (χ1n) is 5.89. The average molecular weight is 220 g/mol. The third-order valence-electron chi connectivity index (χ3n) is 2.59. The van der Waals surface area contributed by atoms with Gasteiger partial charge in [0.05, 0.1) is 0 Å². The number of benzene rings is 1. The number of aryl methyl sites for hydroxylation is 1. The molecule has 0 amide bonds. The van der Waals surface area contributed by atoms with Crippen LogP contribution in [0.5, 0.6) is 0 Å². The van der Waals surface area contributed by atoms with Crippen LogP contribution in [0.25, 0.3) is 0 Å². The maximum Gasteiger partial charge on any atom is 0.306 e. The van der Waals surface area contributed by atoms with E-state index in [-0.39, 0.29) is 12.1 Å². The molecule has 1 rings (SSSR count). The van der Waals surface area contributed by atoms with Gasteiger partial charge in [0, 0.05) is 6.42 Å². The topological polar surface area (TPSA) is 26.3 Å². The average Bonchev–Trinajstić information content (AvgIpc) is 2.27. The van der Waals surface area contributed by atoms with Gasteiger partial charge in [-0.25, -0.2) is 0 Å². The number of ether oxygens (including phenoxy) is 1. The van der Waals surface area contributed by atoms with Crippen LogP contribution >= 0.6 is 0 Å². The summed E-state index contributed by atoms with van der Waals surface area (Å²) in [7, 11) is 0. The van der Waals surface area contributed by atoms with Crippen molar-refractivity contribution in [2.24, 2.45) is 0 Å². The molecule has 0 unspecified atom stereocenters. The van der Waals surface area contributed by atoms with E-state index in [1.54, 1.807) is 0 Å². The first kappa shape index (κ1) is 12.8. The highest BCUT2D eigenvalue weighted by Crippen LogP contribution is 2.18. The Morgan fingerprint density at radius 1 is 1.31 bits per heavy atom. The molecule has 0 aliphatic heterocycles. The van der Waals surface area contributed by atoms with Crippen LogP contribution in [-0.2, 0) is 9.53 Å². The molecule has 0 saturated carbocycles. The molecular weight excluding hydrogens is 200 g/mol. The molecule has 2 heteroatoms. The lowest BCUT2D eigenvalue weighted by atomic mass is 10.1. The lowest BCUT2D eigenvalue weighted by Gasteiger charge is -2.13. The van der Waals surface area contributed by atoms with Crippen LogP contribution in [0.15, 0.2) is 24.3 Å². The maximum absolute atomic E-state index is 11.4. The van der Waals surface area contributed by atoms with E-state index in [0.717, 1.165) is 18.4 Å². The van der Waals surface area contributed by atoms with E-state index in [2.05, 4.69) is 6.92 Å². The minimum absolute atomic E-state index is 0.102. The summed E-state index contributed by atoms with van der Waals surface area (Å²) in [4.78, 5) is 11.4. The van der Waals surface area contributed by atoms with E-state index in [0.29, 0.717) is 6.42 Å². The van der Waals surface area contributed by atoms with E-state index in [1.807, 2.05) is 38.1 Å². The Labute approximate surface area is 97.6 Å². The van der Waals surface area contributed by atoms with Crippen molar-refractivity contribution in [3.8, 4) is 0 Å². The second-order valence-electron chi connectivity index (χ2n) is 4.15. The van der Waals surface area contributed by atoms with Crippen LogP contribution in [-0.4, -0.2) is 5.97 Å². The van der Waals surface area contributed by atoms with Crippen molar-refractivity contribution in [2.75, 3.05) is 0 Å². The smallest absolute Gasteiger partial charge is 0.306 e. The number of carbonyl (C=O) groups is 1. The highest BCUT2D eigenvalue weighted by molar-refractivity contribution is 5.69. The first-order chi connectivity index (χ1) is 7.63. The summed E-state index contributed by atoms with van der Waals surface area (Å²) in [6.45, 7) is 6.02. The van der Waals surface area contributed by atoms with Crippen LogP contribution in [0.4, 0.5) is 0 Å². The highest BCUT2D eigenvalue weighted by atomic mass is 16.5. The number of hydrogen-bond donors (Lipinski definition) is 0. The largest absolute Gasteiger partial charge is 0.458 e. The van der Waals surface area contributed by atoms with Gasteiger partial charge in [0.2, 0.25) is 0 Å². The van der Waals surface area contributed by atoms with Crippen LogP contribution in [0, 0.1) is 6.92 Å². The molecule has 0 N–H and O–H groups in total. The van der Waals surface area contributed by atoms with Gasteiger partial charge < -0.3 is 4.74 Å². The molecule has 2 nitrogen and oxygen atoms in total. The van der Waals surface area contributed by atoms with Crippen LogP contribution in [0.3, 0.4) is 0 Å². The Kier molecular flexibility index (Phi) is 5.03. The Hall–Kier alpha value is -1.31. The quantitative estimate of drug-likeness (QED) is 0.706. The van der Waals surface area contributed by atoms with Gasteiger partial charge in [0.15, 0.2) is 0 Å². The predicted molar refractivity (Wildman–Crippen MR) is 65.2 cm³/mol. The molecule has 0 heterocycles. The number of carbonyl (C=O) groups excluding carboxylic acids is 1. The van der Waals surface area contributed by atoms with Crippen LogP contribution in [0.1, 0.15) is 50.3 Å². The number of rotatable bonds is 5. The van der Waals surface area contributed by atoms with Gasteiger partial charge in [-0.2, -0.15) is 0 Å². The SMILES string of the molecule is CCCCC(=O)O[C@H](C)c1ccc(C)cc1. The molecule has 1 aromatic rings. The highest BCUT2D eigenvalue weighted by Gasteiger charge is 2.10. The molecular formula is C14H20O2. The normalized spacial score (nSPS) is 12.2. The number of unbranched alkanes of at least 4 members (excludes halogenated alkanes) is 1. The summed E-state index contributed by atoms with van der Waals surface area (Å²) in [5, 5.41) is 0. The number of esters is 1. The Morgan fingerprint density at radius 3 is 2.50 bits per heavy atom. The minimum Gasteiger partial charge on any atom is -0.458 e. The van der Waals surface area contributed by atoms with Crippen molar-refractivity contribution < 1.29 is 9.53 Å². The van der Waals surface area contributed by atoms with E-state index in [1.165, 1.54) is 5.56 Å². The van der Waals surface area contributed by atoms with Gasteiger partial charge in [-0.3, -0.25) is 4.79 Å². The predicted octanol–water partition coefficient (Wildman–Crippen LogP) is 3.79. The van der Waals surface area contributed by atoms with Gasteiger partial charge in [-0.1, -0.05) is 43.2 Å². The third kappa shape index (κ3) is 4.05. The van der Waals surface area contributed by atoms with Crippen molar-refractivity contribution in [2.45, 2.75) is 46.1 Å². The molecule has 0 bridgehead atoms. The molecule has 0 spiro atoms. The molecule has 0 fully saturated rings. The Morgan fingerprint density at radius 2 is 1.94 bits per heavy atom. The standard InChI is InChI=1S/C14H20O2/c1-4-5-6-14(15)16-12(3)13-9-7-11(2)8-10-13/h7-10,12H,4-6H2,1-3H3/t12-/m1/s1. The van der Waals surface area contributed by atoms with Gasteiger partial charge in [0.25, 0.3) is 0 Å². The molecule has 16 heavy (non-hydrogen) atoms. The van der Waals surface area contributed by atoms with Crippen LogP contribution < -0.4 is 0 Å². The van der Waals surface area contributed by atoms with Crippen LogP contribution in [0.2, 0.25) is 0 Å². The maximum atomic E-state index is 11.4. The van der Waals surface area contributed by atoms with E-state index < -0.39 is 0 Å². The summed E-state index contributed by atoms with van der Waals surface area (Å²) >= 11 is 0. The van der Waals surface area contributed by atoms with Gasteiger partial charge >= 0.3 is 5.97 Å². The Balaban J connectivity index is 2.48. The molecule has 0 aliphatic rings. The van der Waals surface area contributed by atoms with Crippen molar-refractivity contribution in [3.05, 3.63) is 35.4 Å². The number of hydrogen-bond acceptors (Lipinski definition) is 2. The van der Waals surface area contributed by atoms with Crippen molar-refractivity contribution >= 4 is 5.97 Å². The lowest BCUT2D eigenvalue weighted by Crippen LogP contribution is -2.08. The summed E-state index contributed by atoms with van der Waals surface area (Å²) < 4.78 is 5.34. The zero-order valence-electron chi connectivity index (χ0n) is 10.3. The summed E-state index contributed by atoms with van der Waals surface area (Å²) in [6.07, 6.45) is 2.30. The lowest BCUT2D eigenvalue weighted by molar-refractivity contribution is -0.148. The zero-order chi connectivity index (χ0) is 12.0. The molecule has 0 aliphatic carbocycles. The zero-order valence-corrected chi connectivity index (χ0v) is 10.3. The summed E-state index contributed by atoms with van der Waals surface area (Å²) in [6, 6.07) is 8.08. The molecule has 88 valence electrons. The Bertz CT molecular complexity index is 327. The summed E-state index contributed by atoms with van der Waals surface area (Å²) in [5.41, 5.74) is 2.27.